The molecule has 0 saturated heterocycles. The molecule has 2 aromatic rings. The smallest absolute Gasteiger partial charge is 0.336 e. The number of fused-ring (bicyclic) bond motifs is 2. The topological polar surface area (TPSA) is 48.7 Å². The molecule has 98 valence electrons. The number of ether oxygens (including phenoxy) is 2. The van der Waals surface area contributed by atoms with Crippen LogP contribution in [0.15, 0.2) is 39.6 Å². The van der Waals surface area contributed by atoms with Crippen LogP contribution in [-0.2, 0) is 0 Å². The number of aryl methyl sites for hydroxylation is 1. The summed E-state index contributed by atoms with van der Waals surface area (Å²) in [6.07, 6.45) is -0.139. The first-order valence-electron chi connectivity index (χ1n) is 6.08. The third-order valence-electron chi connectivity index (χ3n) is 3.29. The Labute approximate surface area is 110 Å². The molecule has 0 radical (unpaired) electrons. The zero-order valence-corrected chi connectivity index (χ0v) is 10.9. The highest BCUT2D eigenvalue weighted by molar-refractivity contribution is 5.85. The molecule has 1 unspecified atom stereocenters. The van der Waals surface area contributed by atoms with Crippen molar-refractivity contribution in [3.8, 4) is 11.5 Å². The van der Waals surface area contributed by atoms with E-state index in [4.69, 9.17) is 13.9 Å². The van der Waals surface area contributed by atoms with Gasteiger partial charge in [0.1, 0.15) is 12.2 Å². The van der Waals surface area contributed by atoms with Gasteiger partial charge in [-0.05, 0) is 25.5 Å². The second-order valence-electron chi connectivity index (χ2n) is 4.76. The molecular formula is C15H14O4. The molecule has 1 aliphatic rings. The standard InChI is InChI=1S/C15H14O4/c1-8(2)13-7-17-12-6-11-10(4-5-14(16)18-11)9(3)15(12)19-13/h4-6,13H,1,7H2,2-3H3. The lowest BCUT2D eigenvalue weighted by atomic mass is 10.1. The van der Waals surface area contributed by atoms with Gasteiger partial charge in [0.15, 0.2) is 17.6 Å². The van der Waals surface area contributed by atoms with Crippen molar-refractivity contribution in [1.82, 2.24) is 0 Å². The van der Waals surface area contributed by atoms with Crippen LogP contribution in [0.3, 0.4) is 0 Å². The number of rotatable bonds is 1. The van der Waals surface area contributed by atoms with Crippen molar-refractivity contribution in [2.45, 2.75) is 20.0 Å². The van der Waals surface area contributed by atoms with Crippen LogP contribution in [0.1, 0.15) is 12.5 Å². The quantitative estimate of drug-likeness (QED) is 0.583. The molecule has 0 bridgehead atoms. The third kappa shape index (κ3) is 1.89. The minimum absolute atomic E-state index is 0.139. The van der Waals surface area contributed by atoms with Gasteiger partial charge in [0.25, 0.3) is 0 Å². The molecule has 0 fully saturated rings. The summed E-state index contributed by atoms with van der Waals surface area (Å²) in [6.45, 7) is 8.14. The van der Waals surface area contributed by atoms with E-state index < -0.39 is 0 Å². The normalized spacial score (nSPS) is 17.5. The minimum Gasteiger partial charge on any atom is -0.485 e. The lowest BCUT2D eigenvalue weighted by molar-refractivity contribution is 0.115. The number of hydrogen-bond acceptors (Lipinski definition) is 4. The van der Waals surface area contributed by atoms with Gasteiger partial charge in [-0.1, -0.05) is 6.58 Å². The van der Waals surface area contributed by atoms with Crippen molar-refractivity contribution in [3.05, 3.63) is 46.3 Å². The van der Waals surface area contributed by atoms with Gasteiger partial charge in [-0.3, -0.25) is 0 Å². The molecule has 0 N–H and O–H groups in total. The zero-order chi connectivity index (χ0) is 13.6. The van der Waals surface area contributed by atoms with Gasteiger partial charge in [0.2, 0.25) is 0 Å². The Morgan fingerprint density at radius 1 is 1.42 bits per heavy atom. The van der Waals surface area contributed by atoms with Crippen LogP contribution < -0.4 is 15.1 Å². The monoisotopic (exact) mass is 258 g/mol. The van der Waals surface area contributed by atoms with E-state index in [9.17, 15) is 4.79 Å². The average Bonchev–Trinajstić information content (AvgIpc) is 2.38. The van der Waals surface area contributed by atoms with Gasteiger partial charge in [0.05, 0.1) is 0 Å². The molecule has 1 aromatic heterocycles. The van der Waals surface area contributed by atoms with Crippen LogP contribution in [0.2, 0.25) is 0 Å². The molecule has 0 aliphatic carbocycles. The van der Waals surface area contributed by atoms with Crippen LogP contribution >= 0.6 is 0 Å². The molecule has 1 aliphatic heterocycles. The summed E-state index contributed by atoms with van der Waals surface area (Å²) in [4.78, 5) is 11.3. The number of hydrogen-bond donors (Lipinski definition) is 0. The SMILES string of the molecule is C=C(C)C1COc2cc3oc(=O)ccc3c(C)c2O1. The molecule has 0 amide bonds. The Hall–Kier alpha value is -2.23. The van der Waals surface area contributed by atoms with E-state index in [0.29, 0.717) is 23.7 Å². The third-order valence-corrected chi connectivity index (χ3v) is 3.29. The minimum atomic E-state index is -0.372. The molecule has 2 heterocycles. The van der Waals surface area contributed by atoms with Gasteiger partial charge >= 0.3 is 5.63 Å². The van der Waals surface area contributed by atoms with Crippen molar-refractivity contribution >= 4 is 11.0 Å². The average molecular weight is 258 g/mol. The first-order chi connectivity index (χ1) is 9.06. The van der Waals surface area contributed by atoms with Crippen molar-refractivity contribution < 1.29 is 13.9 Å². The maximum absolute atomic E-state index is 11.3. The Morgan fingerprint density at radius 3 is 2.95 bits per heavy atom. The van der Waals surface area contributed by atoms with E-state index >= 15 is 0 Å². The largest absolute Gasteiger partial charge is 0.485 e. The summed E-state index contributed by atoms with van der Waals surface area (Å²) < 4.78 is 16.8. The van der Waals surface area contributed by atoms with Crippen LogP contribution in [0.4, 0.5) is 0 Å². The molecule has 3 rings (SSSR count). The van der Waals surface area contributed by atoms with E-state index in [2.05, 4.69) is 6.58 Å². The van der Waals surface area contributed by atoms with Gasteiger partial charge in [-0.15, -0.1) is 0 Å². The van der Waals surface area contributed by atoms with Crippen molar-refractivity contribution in [2.75, 3.05) is 6.61 Å². The molecule has 19 heavy (non-hydrogen) atoms. The van der Waals surface area contributed by atoms with Crippen molar-refractivity contribution in [1.29, 1.82) is 0 Å². The Kier molecular flexibility index (Phi) is 2.59. The van der Waals surface area contributed by atoms with Crippen LogP contribution in [0, 0.1) is 6.92 Å². The molecule has 1 aromatic carbocycles. The molecular weight excluding hydrogens is 244 g/mol. The predicted molar refractivity (Wildman–Crippen MR) is 71.9 cm³/mol. The second-order valence-corrected chi connectivity index (χ2v) is 4.76. The fourth-order valence-electron chi connectivity index (χ4n) is 2.18. The first-order valence-corrected chi connectivity index (χ1v) is 6.08. The predicted octanol–water partition coefficient (Wildman–Crippen LogP) is 2.82. The van der Waals surface area contributed by atoms with Gasteiger partial charge in [0, 0.05) is 23.1 Å². The maximum atomic E-state index is 11.3. The van der Waals surface area contributed by atoms with E-state index in [0.717, 1.165) is 16.5 Å². The van der Waals surface area contributed by atoms with E-state index in [1.165, 1.54) is 6.07 Å². The fourth-order valence-corrected chi connectivity index (χ4v) is 2.18. The highest BCUT2D eigenvalue weighted by Crippen LogP contribution is 2.40. The lowest BCUT2D eigenvalue weighted by Gasteiger charge is -2.28. The highest BCUT2D eigenvalue weighted by atomic mass is 16.6. The zero-order valence-electron chi connectivity index (χ0n) is 10.9. The fraction of sp³-hybridized carbons (Fsp3) is 0.267. The summed E-state index contributed by atoms with van der Waals surface area (Å²) in [7, 11) is 0. The van der Waals surface area contributed by atoms with E-state index in [-0.39, 0.29) is 11.7 Å². The summed E-state index contributed by atoms with van der Waals surface area (Å²) in [5.74, 6) is 1.30. The summed E-state index contributed by atoms with van der Waals surface area (Å²) >= 11 is 0. The van der Waals surface area contributed by atoms with Crippen molar-refractivity contribution in [2.24, 2.45) is 0 Å². The van der Waals surface area contributed by atoms with Gasteiger partial charge < -0.3 is 13.9 Å². The van der Waals surface area contributed by atoms with Crippen LogP contribution in [-0.4, -0.2) is 12.7 Å². The van der Waals surface area contributed by atoms with Crippen LogP contribution in [0.25, 0.3) is 11.0 Å². The van der Waals surface area contributed by atoms with E-state index in [1.54, 1.807) is 12.1 Å². The summed E-state index contributed by atoms with van der Waals surface area (Å²) in [5.41, 5.74) is 1.97. The van der Waals surface area contributed by atoms with Crippen molar-refractivity contribution in [3.63, 3.8) is 0 Å². The molecule has 4 nitrogen and oxygen atoms in total. The molecule has 0 spiro atoms. The Morgan fingerprint density at radius 2 is 2.21 bits per heavy atom. The molecule has 0 saturated carbocycles. The summed E-state index contributed by atoms with van der Waals surface area (Å²) in [6, 6.07) is 4.85. The Bertz CT molecular complexity index is 727. The van der Waals surface area contributed by atoms with Gasteiger partial charge in [-0.25, -0.2) is 4.79 Å². The molecule has 4 heteroatoms. The summed E-state index contributed by atoms with van der Waals surface area (Å²) in [5, 5.41) is 0.851. The number of benzene rings is 1. The molecule has 1 atom stereocenters. The van der Waals surface area contributed by atoms with E-state index in [1.807, 2.05) is 13.8 Å². The van der Waals surface area contributed by atoms with Crippen LogP contribution in [0.5, 0.6) is 11.5 Å². The Balaban J connectivity index is 2.20. The first kappa shape index (κ1) is 11.8. The highest BCUT2D eigenvalue weighted by Gasteiger charge is 2.25. The van der Waals surface area contributed by atoms with Gasteiger partial charge in [-0.2, -0.15) is 0 Å². The second kappa shape index (κ2) is 4.16. The maximum Gasteiger partial charge on any atom is 0.336 e. The lowest BCUT2D eigenvalue weighted by Crippen LogP contribution is -2.30.